The number of anilines is 1. The summed E-state index contributed by atoms with van der Waals surface area (Å²) in [6.45, 7) is 0. The Morgan fingerprint density at radius 1 is 1.18 bits per heavy atom. The van der Waals surface area contributed by atoms with Crippen LogP contribution in [0, 0.1) is 0 Å². The monoisotopic (exact) mass is 375 g/mol. The standard InChI is InChI=1S/C20H17N5O3/c1-25-11-21-15-8-7-12(9-14(15)20(25)27)22-19(26)17-10-16(23-24-17)13-5-3-4-6-18(13)28-2/h3-11H,1-2H3,(H,22,26)(H,23,24). The molecule has 0 bridgehead atoms. The number of H-pyrrole nitrogens is 1. The SMILES string of the molecule is COc1ccccc1-c1cc(C(=O)Nc2ccc3ncn(C)c(=O)c3c2)[nH]n1. The number of rotatable bonds is 4. The molecule has 0 saturated carbocycles. The van der Waals surface area contributed by atoms with E-state index in [-0.39, 0.29) is 11.5 Å². The Labute approximate surface area is 159 Å². The highest BCUT2D eigenvalue weighted by Gasteiger charge is 2.14. The Morgan fingerprint density at radius 2 is 2.00 bits per heavy atom. The van der Waals surface area contributed by atoms with E-state index in [1.54, 1.807) is 38.4 Å². The number of hydrogen-bond acceptors (Lipinski definition) is 5. The van der Waals surface area contributed by atoms with E-state index in [9.17, 15) is 9.59 Å². The second kappa shape index (κ2) is 6.99. The fraction of sp³-hybridized carbons (Fsp3) is 0.100. The van der Waals surface area contributed by atoms with Crippen LogP contribution in [0.2, 0.25) is 0 Å². The maximum atomic E-state index is 12.6. The lowest BCUT2D eigenvalue weighted by Gasteiger charge is -2.06. The van der Waals surface area contributed by atoms with Gasteiger partial charge in [0.15, 0.2) is 0 Å². The molecule has 0 aliphatic carbocycles. The molecule has 0 aliphatic heterocycles. The molecule has 2 aromatic carbocycles. The Bertz CT molecular complexity index is 1240. The molecule has 8 nitrogen and oxygen atoms in total. The molecule has 0 aliphatic rings. The van der Waals surface area contributed by atoms with E-state index in [0.717, 1.165) is 5.56 Å². The molecule has 2 aromatic heterocycles. The zero-order chi connectivity index (χ0) is 19.7. The van der Waals surface area contributed by atoms with E-state index in [2.05, 4.69) is 20.5 Å². The minimum absolute atomic E-state index is 0.180. The van der Waals surface area contributed by atoms with Crippen molar-refractivity contribution in [3.8, 4) is 17.0 Å². The number of fused-ring (bicyclic) bond motifs is 1. The van der Waals surface area contributed by atoms with E-state index in [1.165, 1.54) is 10.9 Å². The third-order valence-corrected chi connectivity index (χ3v) is 4.38. The number of aromatic amines is 1. The van der Waals surface area contributed by atoms with Crippen molar-refractivity contribution in [2.45, 2.75) is 0 Å². The summed E-state index contributed by atoms with van der Waals surface area (Å²) >= 11 is 0. The van der Waals surface area contributed by atoms with Gasteiger partial charge in [-0.05, 0) is 36.4 Å². The first-order chi connectivity index (χ1) is 13.6. The molecule has 1 amide bonds. The van der Waals surface area contributed by atoms with Gasteiger partial charge in [0.1, 0.15) is 11.4 Å². The minimum atomic E-state index is -0.367. The largest absolute Gasteiger partial charge is 0.496 e. The van der Waals surface area contributed by atoms with Crippen LogP contribution in [0.25, 0.3) is 22.2 Å². The number of ether oxygens (including phenoxy) is 1. The Morgan fingerprint density at radius 3 is 2.82 bits per heavy atom. The number of carbonyl (C=O) groups is 1. The lowest BCUT2D eigenvalue weighted by atomic mass is 10.1. The molecule has 2 N–H and O–H groups in total. The van der Waals surface area contributed by atoms with Gasteiger partial charge in [0.05, 0.1) is 30.0 Å². The zero-order valence-electron chi connectivity index (χ0n) is 15.3. The van der Waals surface area contributed by atoms with Crippen LogP contribution in [0.15, 0.2) is 59.7 Å². The molecule has 0 radical (unpaired) electrons. The summed E-state index contributed by atoms with van der Waals surface area (Å²) < 4.78 is 6.73. The predicted octanol–water partition coefficient (Wildman–Crippen LogP) is 2.58. The van der Waals surface area contributed by atoms with Gasteiger partial charge in [0.2, 0.25) is 0 Å². The summed E-state index contributed by atoms with van der Waals surface area (Å²) in [5, 5.41) is 10.1. The average molecular weight is 375 g/mol. The first-order valence-electron chi connectivity index (χ1n) is 8.52. The lowest BCUT2D eigenvalue weighted by molar-refractivity contribution is 0.102. The summed E-state index contributed by atoms with van der Waals surface area (Å²) in [4.78, 5) is 29.0. The fourth-order valence-corrected chi connectivity index (χ4v) is 2.92. The predicted molar refractivity (Wildman–Crippen MR) is 106 cm³/mol. The highest BCUT2D eigenvalue weighted by molar-refractivity contribution is 6.04. The number of aryl methyl sites for hydroxylation is 1. The van der Waals surface area contributed by atoms with E-state index < -0.39 is 0 Å². The highest BCUT2D eigenvalue weighted by atomic mass is 16.5. The van der Waals surface area contributed by atoms with E-state index in [0.29, 0.717) is 33.7 Å². The van der Waals surface area contributed by atoms with Gasteiger partial charge in [-0.25, -0.2) is 4.98 Å². The Kier molecular flexibility index (Phi) is 4.36. The number of nitrogens with one attached hydrogen (secondary N) is 2. The fourth-order valence-electron chi connectivity index (χ4n) is 2.92. The van der Waals surface area contributed by atoms with Gasteiger partial charge in [-0.2, -0.15) is 5.10 Å². The summed E-state index contributed by atoms with van der Waals surface area (Å²) in [6, 6.07) is 14.1. The number of carbonyl (C=O) groups excluding carboxylic acids is 1. The summed E-state index contributed by atoms with van der Waals surface area (Å²) in [6.07, 6.45) is 1.47. The molecule has 0 atom stereocenters. The average Bonchev–Trinajstić information content (AvgIpc) is 3.21. The first kappa shape index (κ1) is 17.5. The van der Waals surface area contributed by atoms with Crippen molar-refractivity contribution < 1.29 is 9.53 Å². The van der Waals surface area contributed by atoms with Crippen molar-refractivity contribution in [2.24, 2.45) is 7.05 Å². The third-order valence-electron chi connectivity index (χ3n) is 4.38. The van der Waals surface area contributed by atoms with Crippen LogP contribution in [-0.2, 0) is 7.05 Å². The molecular weight excluding hydrogens is 358 g/mol. The second-order valence-electron chi connectivity index (χ2n) is 6.21. The molecule has 4 aromatic rings. The van der Waals surface area contributed by atoms with Crippen molar-refractivity contribution in [3.63, 3.8) is 0 Å². The van der Waals surface area contributed by atoms with E-state index in [1.807, 2.05) is 24.3 Å². The number of hydrogen-bond donors (Lipinski definition) is 2. The zero-order valence-corrected chi connectivity index (χ0v) is 15.3. The van der Waals surface area contributed by atoms with E-state index in [4.69, 9.17) is 4.74 Å². The van der Waals surface area contributed by atoms with Crippen molar-refractivity contribution in [1.82, 2.24) is 19.7 Å². The van der Waals surface area contributed by atoms with Gasteiger partial charge < -0.3 is 14.6 Å². The number of aromatic nitrogens is 4. The number of methoxy groups -OCH3 is 1. The quantitative estimate of drug-likeness (QED) is 0.571. The molecule has 8 heteroatoms. The maximum Gasteiger partial charge on any atom is 0.273 e. The first-order valence-corrected chi connectivity index (χ1v) is 8.52. The van der Waals surface area contributed by atoms with Crippen LogP contribution in [-0.4, -0.2) is 32.8 Å². The number of benzene rings is 2. The van der Waals surface area contributed by atoms with Crippen LogP contribution >= 0.6 is 0 Å². The van der Waals surface area contributed by atoms with Crippen LogP contribution in [0.5, 0.6) is 5.75 Å². The van der Waals surface area contributed by atoms with Gasteiger partial charge in [-0.1, -0.05) is 12.1 Å². The maximum absolute atomic E-state index is 12.6. The summed E-state index contributed by atoms with van der Waals surface area (Å²) in [5.41, 5.74) is 2.55. The minimum Gasteiger partial charge on any atom is -0.496 e. The Balaban J connectivity index is 1.61. The second-order valence-corrected chi connectivity index (χ2v) is 6.21. The van der Waals surface area contributed by atoms with Gasteiger partial charge in [-0.15, -0.1) is 0 Å². The van der Waals surface area contributed by atoms with Crippen molar-refractivity contribution in [2.75, 3.05) is 12.4 Å². The summed E-state index contributed by atoms with van der Waals surface area (Å²) in [7, 11) is 3.21. The summed E-state index contributed by atoms with van der Waals surface area (Å²) in [5.74, 6) is 0.299. The normalized spacial score (nSPS) is 10.8. The number of para-hydroxylation sites is 1. The molecular formula is C20H17N5O3. The molecule has 0 saturated heterocycles. The number of amides is 1. The van der Waals surface area contributed by atoms with Crippen LogP contribution in [0.3, 0.4) is 0 Å². The molecule has 28 heavy (non-hydrogen) atoms. The van der Waals surface area contributed by atoms with Crippen molar-refractivity contribution in [3.05, 3.63) is 70.9 Å². The highest BCUT2D eigenvalue weighted by Crippen LogP contribution is 2.28. The van der Waals surface area contributed by atoms with Gasteiger partial charge >= 0.3 is 0 Å². The lowest BCUT2D eigenvalue weighted by Crippen LogP contribution is -2.17. The smallest absolute Gasteiger partial charge is 0.273 e. The Hall–Kier alpha value is -3.94. The molecule has 140 valence electrons. The van der Waals surface area contributed by atoms with Gasteiger partial charge in [-0.3, -0.25) is 14.7 Å². The van der Waals surface area contributed by atoms with Crippen molar-refractivity contribution in [1.29, 1.82) is 0 Å². The molecule has 0 spiro atoms. The molecule has 0 unspecified atom stereocenters. The van der Waals surface area contributed by atoms with Crippen molar-refractivity contribution >= 4 is 22.5 Å². The molecule has 0 fully saturated rings. The molecule has 4 rings (SSSR count). The van der Waals surface area contributed by atoms with Crippen LogP contribution in [0.1, 0.15) is 10.5 Å². The van der Waals surface area contributed by atoms with E-state index >= 15 is 0 Å². The van der Waals surface area contributed by atoms with Gasteiger partial charge in [0, 0.05) is 18.3 Å². The topological polar surface area (TPSA) is 102 Å². The van der Waals surface area contributed by atoms with Gasteiger partial charge in [0.25, 0.3) is 11.5 Å². The third kappa shape index (κ3) is 3.11. The van der Waals surface area contributed by atoms with Crippen LogP contribution < -0.4 is 15.6 Å². The molecule has 2 heterocycles. The van der Waals surface area contributed by atoms with Crippen LogP contribution in [0.4, 0.5) is 5.69 Å². The number of nitrogens with zero attached hydrogens (tertiary/aromatic N) is 3.